The Balaban J connectivity index is 2.27. The molecule has 19 heavy (non-hydrogen) atoms. The maximum Gasteiger partial charge on any atom is 0.151 e. The van der Waals surface area contributed by atoms with Crippen molar-refractivity contribution in [2.45, 2.75) is 43.4 Å². The lowest BCUT2D eigenvalue weighted by Crippen LogP contribution is -2.33. The lowest BCUT2D eigenvalue weighted by atomic mass is 9.79. The third-order valence-corrected chi connectivity index (χ3v) is 5.93. The summed E-state index contributed by atoms with van der Waals surface area (Å²) in [6.45, 7) is 1.77. The van der Waals surface area contributed by atoms with E-state index in [1.54, 1.807) is 6.92 Å². The van der Waals surface area contributed by atoms with Crippen LogP contribution in [0.2, 0.25) is 0 Å². The molecule has 0 aromatic heterocycles. The largest absolute Gasteiger partial charge is 0.312 e. The minimum Gasteiger partial charge on any atom is -0.312 e. The summed E-state index contributed by atoms with van der Waals surface area (Å²) in [6.07, 6.45) is 5.13. The average molecular weight is 281 g/mol. The van der Waals surface area contributed by atoms with Crippen molar-refractivity contribution in [3.63, 3.8) is 0 Å². The van der Waals surface area contributed by atoms with Crippen LogP contribution in [-0.2, 0) is 9.84 Å². The highest BCUT2D eigenvalue weighted by Gasteiger charge is 2.27. The maximum atomic E-state index is 11.8. The molecule has 1 saturated carbocycles. The molecule has 0 saturated heterocycles. The third-order valence-electron chi connectivity index (χ3n) is 4.30. The topological polar surface area (TPSA) is 46.2 Å². The van der Waals surface area contributed by atoms with E-state index in [1.165, 1.54) is 31.1 Å². The average Bonchev–Trinajstić information content (AvgIpc) is 2.27. The van der Waals surface area contributed by atoms with Crippen molar-refractivity contribution in [2.24, 2.45) is 0 Å². The Labute approximate surface area is 116 Å². The zero-order valence-corrected chi connectivity index (χ0v) is 12.7. The fraction of sp³-hybridized carbons (Fsp3) is 0.600. The van der Waals surface area contributed by atoms with Gasteiger partial charge >= 0.3 is 0 Å². The molecule has 0 bridgehead atoms. The van der Waals surface area contributed by atoms with E-state index in [9.17, 15) is 8.42 Å². The van der Waals surface area contributed by atoms with E-state index >= 15 is 0 Å². The van der Waals surface area contributed by atoms with Gasteiger partial charge < -0.3 is 5.32 Å². The van der Waals surface area contributed by atoms with Crippen molar-refractivity contribution >= 4 is 9.84 Å². The molecule has 0 heterocycles. The minimum absolute atomic E-state index is 0.143. The molecule has 1 aromatic carbocycles. The molecule has 1 aliphatic rings. The van der Waals surface area contributed by atoms with Crippen LogP contribution in [0.5, 0.6) is 0 Å². The molecular formula is C15H23NO2S. The highest BCUT2D eigenvalue weighted by atomic mass is 32.2. The van der Waals surface area contributed by atoms with Crippen LogP contribution in [0.4, 0.5) is 0 Å². The monoisotopic (exact) mass is 281 g/mol. The molecule has 2 rings (SSSR count). The van der Waals surface area contributed by atoms with Gasteiger partial charge in [-0.3, -0.25) is 0 Å². The molecule has 0 aliphatic heterocycles. The van der Waals surface area contributed by atoms with Gasteiger partial charge in [0, 0.05) is 12.3 Å². The molecule has 1 aliphatic carbocycles. The highest BCUT2D eigenvalue weighted by molar-refractivity contribution is 7.91. The molecule has 0 radical (unpaired) electrons. The first-order chi connectivity index (χ1) is 8.93. The van der Waals surface area contributed by atoms with E-state index in [-0.39, 0.29) is 6.04 Å². The quantitative estimate of drug-likeness (QED) is 0.902. The summed E-state index contributed by atoms with van der Waals surface area (Å²) in [7, 11) is -1.23. The summed E-state index contributed by atoms with van der Waals surface area (Å²) in [6, 6.07) is 8.25. The van der Waals surface area contributed by atoms with Gasteiger partial charge in [-0.05, 0) is 43.9 Å². The first kappa shape index (κ1) is 14.5. The molecule has 0 amide bonds. The van der Waals surface area contributed by atoms with Crippen LogP contribution in [0.3, 0.4) is 0 Å². The van der Waals surface area contributed by atoms with Gasteiger partial charge in [0.15, 0.2) is 9.84 Å². The van der Waals surface area contributed by atoms with Crippen LogP contribution < -0.4 is 5.32 Å². The smallest absolute Gasteiger partial charge is 0.151 e. The number of benzene rings is 1. The third kappa shape index (κ3) is 3.18. The van der Waals surface area contributed by atoms with E-state index in [1.807, 2.05) is 19.2 Å². The van der Waals surface area contributed by atoms with Crippen molar-refractivity contribution in [2.75, 3.05) is 13.3 Å². The van der Waals surface area contributed by atoms with Crippen LogP contribution in [0.1, 0.15) is 49.3 Å². The van der Waals surface area contributed by atoms with Crippen LogP contribution in [0.15, 0.2) is 24.3 Å². The number of sulfone groups is 1. The Bertz CT molecular complexity index is 535. The minimum atomic E-state index is -3.05. The summed E-state index contributed by atoms with van der Waals surface area (Å²) in [5.41, 5.74) is 2.43. The van der Waals surface area contributed by atoms with Crippen molar-refractivity contribution < 1.29 is 8.42 Å². The molecule has 106 valence electrons. The summed E-state index contributed by atoms with van der Waals surface area (Å²) in [5, 5.41) is 2.73. The zero-order valence-electron chi connectivity index (χ0n) is 11.9. The standard InChI is InChI=1S/C15H23NO2S/c1-11(19(3,17)18)15(16-2)14-9-5-8-13(10-14)12-6-4-7-12/h5,8-12,15-16H,4,6-7H2,1-3H3. The van der Waals surface area contributed by atoms with Crippen molar-refractivity contribution in [3.8, 4) is 0 Å². The summed E-state index contributed by atoms with van der Waals surface area (Å²) < 4.78 is 23.5. The number of rotatable bonds is 5. The SMILES string of the molecule is CNC(c1cccc(C2CCC2)c1)C(C)S(C)(=O)=O. The maximum absolute atomic E-state index is 11.8. The fourth-order valence-corrected chi connectivity index (χ4v) is 3.46. The molecule has 3 nitrogen and oxygen atoms in total. The molecule has 2 atom stereocenters. The number of nitrogens with one attached hydrogen (secondary N) is 1. The summed E-state index contributed by atoms with van der Waals surface area (Å²) in [5.74, 6) is 0.672. The second-order valence-electron chi connectivity index (χ2n) is 5.60. The number of hydrogen-bond acceptors (Lipinski definition) is 3. The fourth-order valence-electron chi connectivity index (χ4n) is 2.67. The van der Waals surface area contributed by atoms with E-state index in [4.69, 9.17) is 0 Å². The molecule has 1 N–H and O–H groups in total. The summed E-state index contributed by atoms with van der Waals surface area (Å²) >= 11 is 0. The van der Waals surface area contributed by atoms with Gasteiger partial charge in [0.25, 0.3) is 0 Å². The summed E-state index contributed by atoms with van der Waals surface area (Å²) in [4.78, 5) is 0. The molecule has 4 heteroatoms. The van der Waals surface area contributed by atoms with Gasteiger partial charge in [0.1, 0.15) is 0 Å². The molecule has 1 aromatic rings. The van der Waals surface area contributed by atoms with Gasteiger partial charge in [-0.25, -0.2) is 8.42 Å². The Morgan fingerprint density at radius 3 is 2.47 bits per heavy atom. The van der Waals surface area contributed by atoms with Crippen LogP contribution in [0.25, 0.3) is 0 Å². The molecule has 0 spiro atoms. The lowest BCUT2D eigenvalue weighted by Gasteiger charge is -2.28. The van der Waals surface area contributed by atoms with Crippen LogP contribution in [0, 0.1) is 0 Å². The second kappa shape index (κ2) is 5.63. The van der Waals surface area contributed by atoms with Crippen LogP contribution in [-0.4, -0.2) is 27.0 Å². The normalized spacial score (nSPS) is 19.7. The Kier molecular flexibility index (Phi) is 4.31. The number of hydrogen-bond donors (Lipinski definition) is 1. The molecular weight excluding hydrogens is 258 g/mol. The van der Waals surface area contributed by atoms with E-state index in [0.717, 1.165) is 5.56 Å². The molecule has 1 fully saturated rings. The van der Waals surface area contributed by atoms with Gasteiger partial charge in [0.05, 0.1) is 5.25 Å². The van der Waals surface area contributed by atoms with Crippen LogP contribution >= 0.6 is 0 Å². The van der Waals surface area contributed by atoms with E-state index in [2.05, 4.69) is 17.4 Å². The van der Waals surface area contributed by atoms with E-state index < -0.39 is 15.1 Å². The van der Waals surface area contributed by atoms with Gasteiger partial charge in [-0.1, -0.05) is 30.7 Å². The zero-order chi connectivity index (χ0) is 14.0. The van der Waals surface area contributed by atoms with Gasteiger partial charge in [-0.2, -0.15) is 0 Å². The van der Waals surface area contributed by atoms with Crippen molar-refractivity contribution in [1.29, 1.82) is 0 Å². The van der Waals surface area contributed by atoms with E-state index in [0.29, 0.717) is 5.92 Å². The second-order valence-corrected chi connectivity index (χ2v) is 8.00. The first-order valence-electron chi connectivity index (χ1n) is 6.89. The highest BCUT2D eigenvalue weighted by Crippen LogP contribution is 2.37. The van der Waals surface area contributed by atoms with Crippen molar-refractivity contribution in [1.82, 2.24) is 5.32 Å². The molecule has 2 unspecified atom stereocenters. The predicted molar refractivity (Wildman–Crippen MR) is 79.1 cm³/mol. The van der Waals surface area contributed by atoms with Crippen molar-refractivity contribution in [3.05, 3.63) is 35.4 Å². The van der Waals surface area contributed by atoms with Gasteiger partial charge in [-0.15, -0.1) is 0 Å². The van der Waals surface area contributed by atoms with Gasteiger partial charge in [0.2, 0.25) is 0 Å². The Morgan fingerprint density at radius 1 is 1.32 bits per heavy atom. The lowest BCUT2D eigenvalue weighted by molar-refractivity contribution is 0.419. The Morgan fingerprint density at radius 2 is 2.00 bits per heavy atom. The first-order valence-corrected chi connectivity index (χ1v) is 8.85. The predicted octanol–water partition coefficient (Wildman–Crippen LogP) is 2.65. The Hall–Kier alpha value is -0.870.